The lowest BCUT2D eigenvalue weighted by Gasteiger charge is -2.35. The molecule has 5 nitrogen and oxygen atoms in total. The molecular weight excluding hydrogens is 490 g/mol. The van der Waals surface area contributed by atoms with E-state index < -0.39 is 0 Å². The van der Waals surface area contributed by atoms with Crippen LogP contribution in [0.15, 0.2) is 84.9 Å². The van der Waals surface area contributed by atoms with Crippen LogP contribution in [-0.2, 0) is 6.54 Å². The zero-order valence-corrected chi connectivity index (χ0v) is 23.2. The monoisotopic (exact) mass is 527 g/mol. The van der Waals surface area contributed by atoms with Gasteiger partial charge in [-0.15, -0.1) is 11.3 Å². The third-order valence-corrected chi connectivity index (χ3v) is 8.88. The van der Waals surface area contributed by atoms with Gasteiger partial charge in [0.05, 0.1) is 12.7 Å². The fraction of sp³-hybridized carbons (Fsp3) is 0.281. The van der Waals surface area contributed by atoms with E-state index in [-0.39, 0.29) is 11.9 Å². The molecule has 5 rings (SSSR count). The number of aryl methyl sites for hydroxylation is 1. The second kappa shape index (κ2) is 11.9. The van der Waals surface area contributed by atoms with E-state index >= 15 is 0 Å². The van der Waals surface area contributed by atoms with Crippen molar-refractivity contribution in [2.45, 2.75) is 26.4 Å². The summed E-state index contributed by atoms with van der Waals surface area (Å²) >= 11 is 1.69. The fourth-order valence-corrected chi connectivity index (χ4v) is 6.62. The number of carbonyl (C=O) groups is 1. The van der Waals surface area contributed by atoms with E-state index in [1.807, 2.05) is 30.3 Å². The molecule has 1 saturated heterocycles. The van der Waals surface area contributed by atoms with E-state index in [1.54, 1.807) is 28.2 Å². The van der Waals surface area contributed by atoms with Gasteiger partial charge in [-0.05, 0) is 55.8 Å². The molecule has 1 aliphatic rings. The molecule has 6 heteroatoms. The molecule has 4 aromatic rings. The highest BCUT2D eigenvalue weighted by Crippen LogP contribution is 2.38. The number of thiophene rings is 1. The summed E-state index contributed by atoms with van der Waals surface area (Å²) in [5, 5.41) is 4.24. The van der Waals surface area contributed by atoms with Crippen molar-refractivity contribution >= 4 is 22.2 Å². The molecule has 3 aromatic carbocycles. The number of ether oxygens (including phenoxy) is 1. The molecule has 2 heterocycles. The maximum absolute atomic E-state index is 13.2. The van der Waals surface area contributed by atoms with Crippen LogP contribution in [0.1, 0.15) is 43.5 Å². The van der Waals surface area contributed by atoms with Gasteiger partial charge in [0.15, 0.2) is 0 Å². The Morgan fingerprint density at radius 3 is 2.16 bits per heavy atom. The summed E-state index contributed by atoms with van der Waals surface area (Å²) in [4.78, 5) is 17.6. The van der Waals surface area contributed by atoms with Gasteiger partial charge in [0, 0.05) is 21.6 Å². The maximum Gasteiger partial charge on any atom is 0.256 e. The summed E-state index contributed by atoms with van der Waals surface area (Å²) in [6.07, 6.45) is 0. The number of rotatable bonds is 8. The van der Waals surface area contributed by atoms with Crippen LogP contribution in [0, 0.1) is 13.8 Å². The van der Waals surface area contributed by atoms with Crippen molar-refractivity contribution in [3.05, 3.63) is 118 Å². The van der Waals surface area contributed by atoms with Crippen molar-refractivity contribution in [2.24, 2.45) is 0 Å². The number of quaternary nitrogens is 2. The number of methoxy groups -OCH3 is 1. The molecule has 0 aliphatic carbocycles. The predicted octanol–water partition coefficient (Wildman–Crippen LogP) is 3.70. The molecule has 1 aliphatic heterocycles. The third kappa shape index (κ3) is 5.83. The first-order chi connectivity index (χ1) is 18.5. The van der Waals surface area contributed by atoms with Gasteiger partial charge >= 0.3 is 0 Å². The normalized spacial score (nSPS) is 18.1. The van der Waals surface area contributed by atoms with Crippen molar-refractivity contribution in [1.82, 2.24) is 0 Å². The molecule has 1 unspecified atom stereocenters. The number of carbonyl (C=O) groups excluding carboxylic acids is 1. The molecule has 38 heavy (non-hydrogen) atoms. The molecule has 0 radical (unpaired) electrons. The Hall–Kier alpha value is -3.45. The van der Waals surface area contributed by atoms with Gasteiger partial charge in [0.1, 0.15) is 49.5 Å². The first-order valence-corrected chi connectivity index (χ1v) is 14.2. The van der Waals surface area contributed by atoms with Gasteiger partial charge in [-0.2, -0.15) is 0 Å². The first-order valence-electron chi connectivity index (χ1n) is 13.4. The average Bonchev–Trinajstić information content (AvgIpc) is 3.23. The molecule has 1 aromatic heterocycles. The summed E-state index contributed by atoms with van der Waals surface area (Å²) in [7, 11) is 1.70. The van der Waals surface area contributed by atoms with Crippen molar-refractivity contribution in [1.29, 1.82) is 0 Å². The smallest absolute Gasteiger partial charge is 0.256 e. The number of hydrogen-bond acceptors (Lipinski definition) is 3. The molecule has 1 fully saturated rings. The van der Waals surface area contributed by atoms with E-state index in [2.05, 4.69) is 73.8 Å². The summed E-state index contributed by atoms with van der Waals surface area (Å²) in [6, 6.07) is 28.9. The highest BCUT2D eigenvalue weighted by molar-refractivity contribution is 7.16. The molecular formula is C32H37N3O2S+2. The van der Waals surface area contributed by atoms with Crippen LogP contribution >= 0.6 is 11.3 Å². The van der Waals surface area contributed by atoms with Gasteiger partial charge in [0.2, 0.25) is 0 Å². The van der Waals surface area contributed by atoms with Crippen LogP contribution in [0.5, 0.6) is 5.75 Å². The Morgan fingerprint density at radius 1 is 0.895 bits per heavy atom. The molecule has 0 spiro atoms. The van der Waals surface area contributed by atoms with Gasteiger partial charge in [-0.25, -0.2) is 0 Å². The third-order valence-electron chi connectivity index (χ3n) is 7.74. The number of anilines is 1. The van der Waals surface area contributed by atoms with Gasteiger partial charge in [-0.3, -0.25) is 4.79 Å². The highest BCUT2D eigenvalue weighted by Gasteiger charge is 2.36. The quantitative estimate of drug-likeness (QED) is 0.327. The minimum atomic E-state index is -0.0614. The minimum Gasteiger partial charge on any atom is -0.497 e. The van der Waals surface area contributed by atoms with Gasteiger partial charge in [-0.1, -0.05) is 48.5 Å². The number of nitrogens with one attached hydrogen (secondary N) is 3. The Bertz CT molecular complexity index is 1340. The largest absolute Gasteiger partial charge is 0.497 e. The second-order valence-electron chi connectivity index (χ2n) is 10.1. The first kappa shape index (κ1) is 26.2. The van der Waals surface area contributed by atoms with Crippen LogP contribution in [0.3, 0.4) is 0 Å². The second-order valence-corrected chi connectivity index (χ2v) is 11.3. The summed E-state index contributed by atoms with van der Waals surface area (Å²) < 4.78 is 5.46. The van der Waals surface area contributed by atoms with E-state index in [1.165, 1.54) is 27.1 Å². The maximum atomic E-state index is 13.2. The molecule has 0 saturated carbocycles. The SMILES string of the molecule is COc1ccc(C(c2c(NC(=O)c3ccccc3)sc(C)c2C)[NH+]2CC[NH+](Cc3ccccc3)CC2)cc1. The molecule has 3 N–H and O–H groups in total. The Labute approximate surface area is 229 Å². The molecule has 0 bridgehead atoms. The van der Waals surface area contributed by atoms with E-state index in [0.29, 0.717) is 5.56 Å². The standard InChI is InChI=1S/C32H35N3O2S/c1-23-24(2)38-32(33-31(36)27-12-8-5-9-13-27)29(23)30(26-14-16-28(37-3)17-15-26)35-20-18-34(19-21-35)22-25-10-6-4-7-11-25/h4-17,30H,18-22H2,1-3H3,(H,33,36)/p+2. The summed E-state index contributed by atoms with van der Waals surface area (Å²) in [5.74, 6) is 0.796. The number of amides is 1. The number of hydrogen-bond donors (Lipinski definition) is 3. The number of piperazine rings is 1. The van der Waals surface area contributed by atoms with Crippen LogP contribution in [-0.4, -0.2) is 39.2 Å². The van der Waals surface area contributed by atoms with Gasteiger partial charge < -0.3 is 19.9 Å². The summed E-state index contributed by atoms with van der Waals surface area (Å²) in [5.41, 5.74) is 5.83. The average molecular weight is 528 g/mol. The highest BCUT2D eigenvalue weighted by atomic mass is 32.1. The number of benzene rings is 3. The lowest BCUT2D eigenvalue weighted by Crippen LogP contribution is -3.27. The van der Waals surface area contributed by atoms with Crippen molar-refractivity contribution in [3.63, 3.8) is 0 Å². The lowest BCUT2D eigenvalue weighted by molar-refractivity contribution is -1.03. The van der Waals surface area contributed by atoms with Crippen LogP contribution in [0.25, 0.3) is 0 Å². The minimum absolute atomic E-state index is 0.0614. The fourth-order valence-electron chi connectivity index (χ4n) is 5.53. The predicted molar refractivity (Wildman–Crippen MR) is 155 cm³/mol. The van der Waals surface area contributed by atoms with Crippen LogP contribution in [0.2, 0.25) is 0 Å². The van der Waals surface area contributed by atoms with Crippen molar-refractivity contribution < 1.29 is 19.3 Å². The molecule has 196 valence electrons. The Morgan fingerprint density at radius 2 is 1.53 bits per heavy atom. The molecule has 1 amide bonds. The van der Waals surface area contributed by atoms with Crippen LogP contribution < -0.4 is 19.9 Å². The van der Waals surface area contributed by atoms with E-state index in [4.69, 9.17) is 4.74 Å². The Kier molecular flexibility index (Phi) is 8.23. The van der Waals surface area contributed by atoms with Crippen LogP contribution in [0.4, 0.5) is 5.00 Å². The zero-order valence-electron chi connectivity index (χ0n) is 22.4. The van der Waals surface area contributed by atoms with E-state index in [0.717, 1.165) is 43.5 Å². The topological polar surface area (TPSA) is 47.2 Å². The Balaban J connectivity index is 1.45. The van der Waals surface area contributed by atoms with Crippen molar-refractivity contribution in [2.75, 3.05) is 38.6 Å². The van der Waals surface area contributed by atoms with Crippen molar-refractivity contribution in [3.8, 4) is 5.75 Å². The lowest BCUT2D eigenvalue weighted by atomic mass is 9.94. The van der Waals surface area contributed by atoms with E-state index in [9.17, 15) is 4.79 Å². The zero-order chi connectivity index (χ0) is 26.5. The summed E-state index contributed by atoms with van der Waals surface area (Å²) in [6.45, 7) is 9.79. The van der Waals surface area contributed by atoms with Gasteiger partial charge in [0.25, 0.3) is 5.91 Å². The molecule has 1 atom stereocenters.